The molecule has 0 radical (unpaired) electrons. The predicted molar refractivity (Wildman–Crippen MR) is 37.6 cm³/mol. The van der Waals surface area contributed by atoms with Gasteiger partial charge in [0.1, 0.15) is 0 Å². The molecule has 0 fully saturated rings. The highest BCUT2D eigenvalue weighted by atomic mass is 14.2. The molecular formula is C8H12N-. The lowest BCUT2D eigenvalue weighted by molar-refractivity contribution is 0.695. The van der Waals surface area contributed by atoms with Crippen LogP contribution in [0, 0.1) is 17.4 Å². The van der Waals surface area contributed by atoms with Gasteiger partial charge in [-0.1, -0.05) is 12.8 Å². The van der Waals surface area contributed by atoms with E-state index >= 15 is 0 Å². The van der Waals surface area contributed by atoms with E-state index in [0.29, 0.717) is 6.42 Å². The van der Waals surface area contributed by atoms with Crippen LogP contribution in [0.5, 0.6) is 0 Å². The third-order valence-corrected chi connectivity index (χ3v) is 1.14. The number of hydrogen-bond acceptors (Lipinski definition) is 1. The monoisotopic (exact) mass is 122 g/mol. The molecule has 0 aromatic heterocycles. The summed E-state index contributed by atoms with van der Waals surface area (Å²) in [7, 11) is 0. The van der Waals surface area contributed by atoms with Gasteiger partial charge in [0.15, 0.2) is 0 Å². The molecule has 0 saturated carbocycles. The van der Waals surface area contributed by atoms with Crippen molar-refractivity contribution in [2.75, 3.05) is 0 Å². The highest BCUT2D eigenvalue weighted by Crippen LogP contribution is 2.01. The van der Waals surface area contributed by atoms with E-state index in [1.807, 2.05) is 0 Å². The lowest BCUT2D eigenvalue weighted by Gasteiger charge is -1.99. The molecular weight excluding hydrogens is 110 g/mol. The van der Waals surface area contributed by atoms with Gasteiger partial charge in [0.05, 0.1) is 6.07 Å². The molecule has 0 N–H and O–H groups in total. The minimum atomic E-state index is 0.692. The molecule has 50 valence electrons. The van der Waals surface area contributed by atoms with Crippen LogP contribution < -0.4 is 0 Å². The van der Waals surface area contributed by atoms with Crippen molar-refractivity contribution in [2.24, 2.45) is 0 Å². The zero-order valence-corrected chi connectivity index (χ0v) is 5.69. The van der Waals surface area contributed by atoms with Gasteiger partial charge < -0.3 is 6.08 Å². The average Bonchev–Trinajstić information content (AvgIpc) is 1.89. The third kappa shape index (κ3) is 7.23. The molecule has 0 bridgehead atoms. The summed E-state index contributed by atoms with van der Waals surface area (Å²) >= 11 is 0. The van der Waals surface area contributed by atoms with E-state index in [0.717, 1.165) is 25.7 Å². The SMILES string of the molecule is C=[C-]CCCCCC#N. The summed E-state index contributed by atoms with van der Waals surface area (Å²) in [6.07, 6.45) is 7.76. The fourth-order valence-corrected chi connectivity index (χ4v) is 0.631. The molecule has 1 heteroatoms. The van der Waals surface area contributed by atoms with E-state index in [9.17, 15) is 0 Å². The Hall–Kier alpha value is -0.770. The van der Waals surface area contributed by atoms with Crippen LogP contribution in [0.25, 0.3) is 0 Å². The highest BCUT2D eigenvalue weighted by molar-refractivity contribution is 4.68. The van der Waals surface area contributed by atoms with E-state index in [2.05, 4.69) is 18.7 Å². The Balaban J connectivity index is 2.76. The van der Waals surface area contributed by atoms with Crippen molar-refractivity contribution in [3.8, 4) is 6.07 Å². The Morgan fingerprint density at radius 3 is 2.67 bits per heavy atom. The van der Waals surface area contributed by atoms with Crippen molar-refractivity contribution in [1.82, 2.24) is 0 Å². The summed E-state index contributed by atoms with van der Waals surface area (Å²) in [5.41, 5.74) is 0. The molecule has 0 heterocycles. The van der Waals surface area contributed by atoms with Crippen molar-refractivity contribution in [3.63, 3.8) is 0 Å². The lowest BCUT2D eigenvalue weighted by Crippen LogP contribution is -1.73. The van der Waals surface area contributed by atoms with Gasteiger partial charge >= 0.3 is 0 Å². The molecule has 0 rings (SSSR count). The normalized spacial score (nSPS) is 8.33. The quantitative estimate of drug-likeness (QED) is 0.406. The molecule has 0 spiro atoms. The van der Waals surface area contributed by atoms with Gasteiger partial charge in [0.25, 0.3) is 0 Å². The van der Waals surface area contributed by atoms with E-state index in [1.54, 1.807) is 0 Å². The molecule has 1 nitrogen and oxygen atoms in total. The van der Waals surface area contributed by atoms with Crippen LogP contribution in [0.1, 0.15) is 32.1 Å². The maximum Gasteiger partial charge on any atom is 0.0621 e. The Labute approximate surface area is 57.0 Å². The fraction of sp³-hybridized carbons (Fsp3) is 0.625. The van der Waals surface area contributed by atoms with Gasteiger partial charge in [0.2, 0.25) is 0 Å². The number of unbranched alkanes of at least 4 members (excludes halogenated alkanes) is 4. The largest absolute Gasteiger partial charge is 0.504 e. The summed E-state index contributed by atoms with van der Waals surface area (Å²) in [5.74, 6) is 0. The zero-order chi connectivity index (χ0) is 6.95. The molecule has 0 aromatic carbocycles. The lowest BCUT2D eigenvalue weighted by atomic mass is 10.1. The second-order valence-electron chi connectivity index (χ2n) is 1.97. The number of nitriles is 1. The van der Waals surface area contributed by atoms with Crippen LogP contribution >= 0.6 is 0 Å². The molecule has 0 atom stereocenters. The predicted octanol–water partition coefficient (Wildman–Crippen LogP) is 2.45. The van der Waals surface area contributed by atoms with Crippen molar-refractivity contribution < 1.29 is 0 Å². The van der Waals surface area contributed by atoms with Crippen LogP contribution in [-0.2, 0) is 0 Å². The highest BCUT2D eigenvalue weighted by Gasteiger charge is 1.81. The van der Waals surface area contributed by atoms with Crippen LogP contribution in [0.4, 0.5) is 0 Å². The van der Waals surface area contributed by atoms with Gasteiger partial charge in [0, 0.05) is 6.42 Å². The first-order valence-corrected chi connectivity index (χ1v) is 3.28. The summed E-state index contributed by atoms with van der Waals surface area (Å²) < 4.78 is 0. The molecule has 9 heavy (non-hydrogen) atoms. The van der Waals surface area contributed by atoms with Gasteiger partial charge in [-0.2, -0.15) is 11.7 Å². The summed E-state index contributed by atoms with van der Waals surface area (Å²) in [6, 6.07) is 2.11. The van der Waals surface area contributed by atoms with Crippen LogP contribution in [-0.4, -0.2) is 0 Å². The molecule has 0 amide bonds. The number of nitrogens with zero attached hydrogens (tertiary/aromatic N) is 1. The fourth-order valence-electron chi connectivity index (χ4n) is 0.631. The maximum atomic E-state index is 8.14. The van der Waals surface area contributed by atoms with Gasteiger partial charge in [-0.25, -0.2) is 0 Å². The van der Waals surface area contributed by atoms with E-state index in [4.69, 9.17) is 5.26 Å². The van der Waals surface area contributed by atoms with E-state index in [1.165, 1.54) is 0 Å². The molecule has 0 aliphatic rings. The van der Waals surface area contributed by atoms with Gasteiger partial charge in [-0.05, 0) is 6.42 Å². The molecule has 0 aliphatic heterocycles. The Morgan fingerprint density at radius 1 is 1.33 bits per heavy atom. The van der Waals surface area contributed by atoms with Crippen molar-refractivity contribution in [3.05, 3.63) is 12.7 Å². The Kier molecular flexibility index (Phi) is 6.61. The van der Waals surface area contributed by atoms with E-state index < -0.39 is 0 Å². The minimum Gasteiger partial charge on any atom is -0.504 e. The summed E-state index contributed by atoms with van der Waals surface area (Å²) in [4.78, 5) is 0. The van der Waals surface area contributed by atoms with Crippen LogP contribution in [0.3, 0.4) is 0 Å². The standard InChI is InChI=1S/C8H12N/c1-2-3-4-5-6-7-8-9/h1,3-7H2/q-1. The van der Waals surface area contributed by atoms with Crippen molar-refractivity contribution in [1.29, 1.82) is 5.26 Å². The summed E-state index contributed by atoms with van der Waals surface area (Å²) in [5, 5.41) is 8.14. The third-order valence-electron chi connectivity index (χ3n) is 1.14. The smallest absolute Gasteiger partial charge is 0.0621 e. The van der Waals surface area contributed by atoms with Crippen molar-refractivity contribution in [2.45, 2.75) is 32.1 Å². The molecule has 0 unspecified atom stereocenters. The second kappa shape index (κ2) is 7.23. The topological polar surface area (TPSA) is 23.8 Å². The second-order valence-corrected chi connectivity index (χ2v) is 1.97. The first kappa shape index (κ1) is 8.23. The molecule has 0 aliphatic carbocycles. The summed E-state index contributed by atoms with van der Waals surface area (Å²) in [6.45, 7) is 3.49. The molecule has 0 saturated heterocycles. The first-order chi connectivity index (χ1) is 4.41. The number of hydrogen-bond donors (Lipinski definition) is 0. The van der Waals surface area contributed by atoms with E-state index in [-0.39, 0.29) is 0 Å². The number of rotatable bonds is 5. The maximum absolute atomic E-state index is 8.14. The molecule has 0 aromatic rings. The first-order valence-electron chi connectivity index (χ1n) is 3.28. The minimum absolute atomic E-state index is 0.692. The van der Waals surface area contributed by atoms with Gasteiger partial charge in [-0.15, -0.1) is 0 Å². The average molecular weight is 122 g/mol. The van der Waals surface area contributed by atoms with Crippen LogP contribution in [0.15, 0.2) is 6.58 Å². The Morgan fingerprint density at radius 2 is 2.11 bits per heavy atom. The number of allylic oxidation sites excluding steroid dienone is 1. The van der Waals surface area contributed by atoms with Crippen molar-refractivity contribution >= 4 is 0 Å². The Bertz CT molecular complexity index is 99.6. The van der Waals surface area contributed by atoms with Gasteiger partial charge in [-0.3, -0.25) is 6.58 Å². The van der Waals surface area contributed by atoms with Crippen LogP contribution in [0.2, 0.25) is 0 Å². The zero-order valence-electron chi connectivity index (χ0n) is 5.69.